The average molecular weight is 193 g/mol. The fourth-order valence-corrected chi connectivity index (χ4v) is 0.841. The molecule has 12 heavy (non-hydrogen) atoms. The van der Waals surface area contributed by atoms with Gasteiger partial charge in [0.05, 0.1) is 21.8 Å². The Morgan fingerprint density at radius 3 is 1.75 bits per heavy atom. The molecule has 2 N–H and O–H groups in total. The molecule has 0 rings (SSSR count). The van der Waals surface area contributed by atoms with Crippen LogP contribution in [0.2, 0.25) is 0 Å². The quantitative estimate of drug-likeness (QED) is 0.498. The molecule has 0 amide bonds. The van der Waals surface area contributed by atoms with Crippen LogP contribution in [-0.4, -0.2) is 13.1 Å². The molecular formula is C8H20NO2P. The van der Waals surface area contributed by atoms with Crippen molar-refractivity contribution in [3.63, 3.8) is 0 Å². The lowest BCUT2D eigenvalue weighted by atomic mass is 10.3. The summed E-state index contributed by atoms with van der Waals surface area (Å²) in [6.07, 6.45) is 5.43. The molecule has 0 radical (unpaired) electrons. The van der Waals surface area contributed by atoms with Crippen molar-refractivity contribution in [1.82, 2.24) is 0 Å². The molecule has 0 atom stereocenters. The molecule has 0 saturated carbocycles. The van der Waals surface area contributed by atoms with E-state index in [2.05, 4.69) is 19.2 Å². The second-order valence-corrected chi connectivity index (χ2v) is 2.80. The van der Waals surface area contributed by atoms with Gasteiger partial charge in [-0.3, -0.25) is 4.57 Å². The summed E-state index contributed by atoms with van der Waals surface area (Å²) in [5, 5.41) is 2.42. The minimum atomic E-state index is -1.08. The van der Waals surface area contributed by atoms with Crippen molar-refractivity contribution in [2.24, 2.45) is 0 Å². The summed E-state index contributed by atoms with van der Waals surface area (Å²) in [5.41, 5.74) is 0. The molecule has 0 spiro atoms. The van der Waals surface area contributed by atoms with Crippen molar-refractivity contribution in [3.05, 3.63) is 0 Å². The zero-order valence-electron chi connectivity index (χ0n) is 8.08. The van der Waals surface area contributed by atoms with Crippen molar-refractivity contribution < 1.29 is 14.8 Å². The summed E-state index contributed by atoms with van der Waals surface area (Å²) < 4.78 is 8.35. The Hall–Kier alpha value is 0.0200. The Morgan fingerprint density at radius 1 is 1.17 bits per heavy atom. The molecule has 74 valence electrons. The van der Waals surface area contributed by atoms with Crippen LogP contribution in [-0.2, 0) is 4.57 Å². The molecule has 0 aromatic carbocycles. The third-order valence-corrected chi connectivity index (χ3v) is 1.52. The number of quaternary nitrogens is 1. The van der Waals surface area contributed by atoms with Gasteiger partial charge in [0.15, 0.2) is 0 Å². The van der Waals surface area contributed by atoms with Crippen molar-refractivity contribution in [3.8, 4) is 0 Å². The fourth-order valence-electron chi connectivity index (χ4n) is 0.841. The molecule has 0 aliphatic rings. The van der Waals surface area contributed by atoms with Crippen LogP contribution in [0.5, 0.6) is 0 Å². The number of hydrogen-bond acceptors (Lipinski definition) is 2. The summed E-state index contributed by atoms with van der Waals surface area (Å²) in [5.74, 6) is 0. The smallest absolute Gasteiger partial charge is 0.0755 e. The summed E-state index contributed by atoms with van der Waals surface area (Å²) in [6.45, 7) is 7.15. The van der Waals surface area contributed by atoms with Gasteiger partial charge in [-0.2, -0.15) is 0 Å². The van der Waals surface area contributed by atoms with Crippen molar-refractivity contribution in [1.29, 1.82) is 0 Å². The molecule has 0 bridgehead atoms. The Balaban J connectivity index is 0. The molecule has 0 fully saturated rings. The first-order chi connectivity index (χ1) is 5.83. The minimum absolute atomic E-state index is 1.08. The summed E-state index contributed by atoms with van der Waals surface area (Å²) in [7, 11) is -1.08. The van der Waals surface area contributed by atoms with Crippen molar-refractivity contribution >= 4 is 8.69 Å². The molecule has 0 aromatic heterocycles. The Morgan fingerprint density at radius 2 is 1.50 bits per heavy atom. The molecule has 3 nitrogen and oxygen atoms in total. The average Bonchev–Trinajstić information content (AvgIpc) is 2.06. The van der Waals surface area contributed by atoms with Gasteiger partial charge in [-0.15, -0.1) is 0 Å². The van der Waals surface area contributed by atoms with Gasteiger partial charge >= 0.3 is 0 Å². The van der Waals surface area contributed by atoms with E-state index in [0.29, 0.717) is 0 Å². The molecule has 0 unspecified atom stereocenters. The fraction of sp³-hybridized carbons (Fsp3) is 1.00. The van der Waals surface area contributed by atoms with Crippen LogP contribution in [0.4, 0.5) is 0 Å². The maximum atomic E-state index is 8.35. The highest BCUT2D eigenvalue weighted by molar-refractivity contribution is 7.14. The molecule has 0 aliphatic carbocycles. The number of nitrogens with two attached hydrogens (primary N) is 1. The maximum absolute atomic E-state index is 8.35. The van der Waals surface area contributed by atoms with Crippen LogP contribution < -0.4 is 10.2 Å². The number of unbranched alkanes of at least 4 members (excludes halogenated alkanes) is 2. The van der Waals surface area contributed by atoms with Gasteiger partial charge in [-0.05, 0) is 12.8 Å². The Labute approximate surface area is 76.9 Å². The van der Waals surface area contributed by atoms with E-state index < -0.39 is 8.69 Å². The lowest BCUT2D eigenvalue weighted by molar-refractivity contribution is -0.655. The van der Waals surface area contributed by atoms with Crippen LogP contribution in [0.25, 0.3) is 0 Å². The van der Waals surface area contributed by atoms with Crippen LogP contribution in [0, 0.1) is 0 Å². The summed E-state index contributed by atoms with van der Waals surface area (Å²) in [4.78, 5) is 8.35. The Bertz CT molecular complexity index is 75.5. The first kappa shape index (κ1) is 14.5. The van der Waals surface area contributed by atoms with Crippen molar-refractivity contribution in [2.75, 3.05) is 13.1 Å². The van der Waals surface area contributed by atoms with Gasteiger partial charge in [0, 0.05) is 0 Å². The first-order valence-electron chi connectivity index (χ1n) is 4.60. The molecule has 0 saturated heterocycles. The lowest BCUT2D eigenvalue weighted by Gasteiger charge is -1.96. The standard InChI is InChI=1S/C8H19N.HO2P/c1-3-5-7-9-8-6-4-2;1-3-2/h9H,3-8H2,1-2H3;(H,1,2). The van der Waals surface area contributed by atoms with E-state index in [1.54, 1.807) is 0 Å². The normalized spacial score (nSPS) is 9.25. The van der Waals surface area contributed by atoms with E-state index in [-0.39, 0.29) is 0 Å². The molecule has 4 heteroatoms. The highest BCUT2D eigenvalue weighted by Gasteiger charge is 1.86. The predicted octanol–water partition coefficient (Wildman–Crippen LogP) is 0.703. The SMILES string of the molecule is CCCC[NH2+]CCCC.O=P[O-]. The van der Waals surface area contributed by atoms with E-state index in [4.69, 9.17) is 9.46 Å². The van der Waals surface area contributed by atoms with Gasteiger partial charge in [0.25, 0.3) is 0 Å². The zero-order chi connectivity index (χ0) is 9.66. The van der Waals surface area contributed by atoms with Crippen LogP contribution in [0.3, 0.4) is 0 Å². The highest BCUT2D eigenvalue weighted by Crippen LogP contribution is 1.80. The number of hydrogen-bond donors (Lipinski definition) is 1. The predicted molar refractivity (Wildman–Crippen MR) is 49.1 cm³/mol. The topological polar surface area (TPSA) is 56.7 Å². The van der Waals surface area contributed by atoms with E-state index >= 15 is 0 Å². The van der Waals surface area contributed by atoms with E-state index in [1.165, 1.54) is 38.8 Å². The van der Waals surface area contributed by atoms with Crippen molar-refractivity contribution in [2.45, 2.75) is 39.5 Å². The second-order valence-electron chi connectivity index (χ2n) is 2.65. The summed E-state index contributed by atoms with van der Waals surface area (Å²) in [6, 6.07) is 0. The number of rotatable bonds is 6. The third kappa shape index (κ3) is 22.5. The van der Waals surface area contributed by atoms with Gasteiger partial charge < -0.3 is 10.2 Å². The third-order valence-electron chi connectivity index (χ3n) is 1.52. The maximum Gasteiger partial charge on any atom is 0.0755 e. The second kappa shape index (κ2) is 17.2. The zero-order valence-corrected chi connectivity index (χ0v) is 8.98. The van der Waals surface area contributed by atoms with E-state index in [1.807, 2.05) is 0 Å². The van der Waals surface area contributed by atoms with Gasteiger partial charge in [0.1, 0.15) is 0 Å². The van der Waals surface area contributed by atoms with Gasteiger partial charge in [-0.1, -0.05) is 26.7 Å². The Kier molecular flexibility index (Phi) is 20.8. The summed E-state index contributed by atoms with van der Waals surface area (Å²) >= 11 is 0. The monoisotopic (exact) mass is 193 g/mol. The van der Waals surface area contributed by atoms with E-state index in [9.17, 15) is 0 Å². The van der Waals surface area contributed by atoms with Crippen LogP contribution in [0.1, 0.15) is 39.5 Å². The van der Waals surface area contributed by atoms with Gasteiger partial charge in [0.2, 0.25) is 0 Å². The van der Waals surface area contributed by atoms with E-state index in [0.717, 1.165) is 0 Å². The largest absolute Gasteiger partial charge is 0.772 e. The van der Waals surface area contributed by atoms with Gasteiger partial charge in [-0.25, -0.2) is 0 Å². The first-order valence-corrected chi connectivity index (χ1v) is 5.33. The highest BCUT2D eigenvalue weighted by atomic mass is 31.1. The minimum Gasteiger partial charge on any atom is -0.772 e. The molecule has 0 aromatic rings. The molecule has 0 aliphatic heterocycles. The van der Waals surface area contributed by atoms with Crippen LogP contribution in [0.15, 0.2) is 0 Å². The lowest BCUT2D eigenvalue weighted by Crippen LogP contribution is -2.84. The van der Waals surface area contributed by atoms with Crippen LogP contribution >= 0.6 is 8.69 Å². The molecular weight excluding hydrogens is 173 g/mol. The molecule has 0 heterocycles.